The van der Waals surface area contributed by atoms with Crippen molar-refractivity contribution in [2.75, 3.05) is 6.54 Å². The van der Waals surface area contributed by atoms with Crippen LogP contribution in [0.25, 0.3) is 22.2 Å². The number of nitrogens with one attached hydrogen (secondary N) is 1. The standard InChI is InChI=1S/C23H21N3O2/c27-21(13-14-22-25-23(26-28-22)19-8-2-1-3-9-19)24-16-15-18-11-6-10-17-7-4-5-12-20(17)18/h1-12H,13-16H2,(H,24,27). The fraction of sp³-hybridized carbons (Fsp3) is 0.174. The third-order valence-electron chi connectivity index (χ3n) is 4.66. The summed E-state index contributed by atoms with van der Waals surface area (Å²) < 4.78 is 5.25. The van der Waals surface area contributed by atoms with Crippen LogP contribution in [0.4, 0.5) is 0 Å². The fourth-order valence-electron chi connectivity index (χ4n) is 3.22. The highest BCUT2D eigenvalue weighted by Crippen LogP contribution is 2.18. The van der Waals surface area contributed by atoms with Crippen LogP contribution in [0, 0.1) is 0 Å². The average molecular weight is 371 g/mol. The number of hydrogen-bond donors (Lipinski definition) is 1. The molecule has 1 heterocycles. The van der Waals surface area contributed by atoms with Crippen LogP contribution in [-0.4, -0.2) is 22.6 Å². The first-order valence-electron chi connectivity index (χ1n) is 9.41. The number of fused-ring (bicyclic) bond motifs is 1. The monoisotopic (exact) mass is 371 g/mol. The van der Waals surface area contributed by atoms with Gasteiger partial charge in [-0.15, -0.1) is 0 Å². The van der Waals surface area contributed by atoms with Gasteiger partial charge in [0, 0.05) is 24.9 Å². The van der Waals surface area contributed by atoms with Gasteiger partial charge in [-0.25, -0.2) is 0 Å². The SMILES string of the molecule is O=C(CCc1nc(-c2ccccc2)no1)NCCc1cccc2ccccc12. The third kappa shape index (κ3) is 4.26. The van der Waals surface area contributed by atoms with Gasteiger partial charge < -0.3 is 9.84 Å². The zero-order valence-electron chi connectivity index (χ0n) is 15.5. The molecule has 5 heteroatoms. The number of hydrogen-bond acceptors (Lipinski definition) is 4. The van der Waals surface area contributed by atoms with Gasteiger partial charge in [0.25, 0.3) is 0 Å². The van der Waals surface area contributed by atoms with E-state index in [1.165, 1.54) is 16.3 Å². The third-order valence-corrected chi connectivity index (χ3v) is 4.66. The molecule has 0 radical (unpaired) electrons. The van der Waals surface area contributed by atoms with Gasteiger partial charge in [0.15, 0.2) is 0 Å². The van der Waals surface area contributed by atoms with Crippen molar-refractivity contribution in [2.24, 2.45) is 0 Å². The lowest BCUT2D eigenvalue weighted by Crippen LogP contribution is -2.25. The highest BCUT2D eigenvalue weighted by atomic mass is 16.5. The summed E-state index contributed by atoms with van der Waals surface area (Å²) in [5, 5.41) is 9.41. The van der Waals surface area contributed by atoms with E-state index in [1.807, 2.05) is 42.5 Å². The van der Waals surface area contributed by atoms with Crippen molar-refractivity contribution in [3.8, 4) is 11.4 Å². The summed E-state index contributed by atoms with van der Waals surface area (Å²) in [6.45, 7) is 0.603. The van der Waals surface area contributed by atoms with E-state index >= 15 is 0 Å². The van der Waals surface area contributed by atoms with Crippen LogP contribution >= 0.6 is 0 Å². The Morgan fingerprint density at radius 3 is 2.57 bits per heavy atom. The van der Waals surface area contributed by atoms with Gasteiger partial charge in [-0.3, -0.25) is 4.79 Å². The lowest BCUT2D eigenvalue weighted by molar-refractivity contribution is -0.121. The number of nitrogens with zero attached hydrogens (tertiary/aromatic N) is 2. The molecule has 0 saturated carbocycles. The molecular weight excluding hydrogens is 350 g/mol. The molecule has 0 saturated heterocycles. The summed E-state index contributed by atoms with van der Waals surface area (Å²) in [7, 11) is 0. The van der Waals surface area contributed by atoms with E-state index < -0.39 is 0 Å². The summed E-state index contributed by atoms with van der Waals surface area (Å²) >= 11 is 0. The molecule has 0 aliphatic heterocycles. The van der Waals surface area contributed by atoms with Crippen molar-refractivity contribution in [2.45, 2.75) is 19.3 Å². The Hall–Kier alpha value is -3.47. The van der Waals surface area contributed by atoms with Crippen molar-refractivity contribution in [1.82, 2.24) is 15.5 Å². The number of carbonyl (C=O) groups is 1. The van der Waals surface area contributed by atoms with Gasteiger partial charge in [-0.05, 0) is 22.8 Å². The summed E-state index contributed by atoms with van der Waals surface area (Å²) in [4.78, 5) is 16.5. The van der Waals surface area contributed by atoms with E-state index in [4.69, 9.17) is 4.52 Å². The number of aromatic nitrogens is 2. The quantitative estimate of drug-likeness (QED) is 0.529. The summed E-state index contributed by atoms with van der Waals surface area (Å²) in [6.07, 6.45) is 1.55. The molecule has 140 valence electrons. The van der Waals surface area contributed by atoms with Gasteiger partial charge in [0.2, 0.25) is 17.6 Å². The van der Waals surface area contributed by atoms with Gasteiger partial charge >= 0.3 is 0 Å². The molecule has 28 heavy (non-hydrogen) atoms. The van der Waals surface area contributed by atoms with Gasteiger partial charge in [0.1, 0.15) is 0 Å². The Bertz CT molecular complexity index is 1070. The minimum Gasteiger partial charge on any atom is -0.356 e. The highest BCUT2D eigenvalue weighted by molar-refractivity contribution is 5.85. The van der Waals surface area contributed by atoms with E-state index in [0.717, 1.165) is 12.0 Å². The van der Waals surface area contributed by atoms with Gasteiger partial charge in [-0.1, -0.05) is 78.0 Å². The van der Waals surface area contributed by atoms with Crippen molar-refractivity contribution in [3.63, 3.8) is 0 Å². The van der Waals surface area contributed by atoms with Crippen LogP contribution in [0.1, 0.15) is 17.9 Å². The fourth-order valence-corrected chi connectivity index (χ4v) is 3.22. The van der Waals surface area contributed by atoms with Crippen LogP contribution in [0.5, 0.6) is 0 Å². The maximum Gasteiger partial charge on any atom is 0.227 e. The second kappa shape index (κ2) is 8.48. The summed E-state index contributed by atoms with van der Waals surface area (Å²) in [5.74, 6) is 1.01. The maximum absolute atomic E-state index is 12.1. The van der Waals surface area contributed by atoms with Crippen LogP contribution in [-0.2, 0) is 17.6 Å². The van der Waals surface area contributed by atoms with Gasteiger partial charge in [-0.2, -0.15) is 4.98 Å². The molecule has 1 amide bonds. The van der Waals surface area contributed by atoms with Crippen molar-refractivity contribution in [1.29, 1.82) is 0 Å². The lowest BCUT2D eigenvalue weighted by Gasteiger charge is -2.07. The zero-order valence-corrected chi connectivity index (χ0v) is 15.5. The lowest BCUT2D eigenvalue weighted by atomic mass is 10.0. The first-order chi connectivity index (χ1) is 13.8. The molecule has 5 nitrogen and oxygen atoms in total. The van der Waals surface area contributed by atoms with E-state index in [0.29, 0.717) is 31.1 Å². The smallest absolute Gasteiger partial charge is 0.227 e. The predicted molar refractivity (Wildman–Crippen MR) is 109 cm³/mol. The predicted octanol–water partition coefficient (Wildman–Crippen LogP) is 4.18. The van der Waals surface area contributed by atoms with E-state index in [1.54, 1.807) is 0 Å². The number of carbonyl (C=O) groups excluding carboxylic acids is 1. The Morgan fingerprint density at radius 2 is 1.68 bits per heavy atom. The van der Waals surface area contributed by atoms with E-state index in [9.17, 15) is 4.79 Å². The molecule has 3 aromatic carbocycles. The van der Waals surface area contributed by atoms with Crippen LogP contribution < -0.4 is 5.32 Å². The molecule has 4 aromatic rings. The number of benzene rings is 3. The molecular formula is C23H21N3O2. The second-order valence-corrected chi connectivity index (χ2v) is 6.62. The van der Waals surface area contributed by atoms with Crippen molar-refractivity contribution >= 4 is 16.7 Å². The molecule has 1 N–H and O–H groups in total. The Labute approximate surface area is 163 Å². The number of rotatable bonds is 7. The highest BCUT2D eigenvalue weighted by Gasteiger charge is 2.10. The Balaban J connectivity index is 1.27. The maximum atomic E-state index is 12.1. The number of aryl methyl sites for hydroxylation is 1. The molecule has 0 aliphatic carbocycles. The summed E-state index contributed by atoms with van der Waals surface area (Å²) in [5.41, 5.74) is 2.14. The topological polar surface area (TPSA) is 68.0 Å². The Kier molecular flexibility index (Phi) is 5.43. The van der Waals surface area contributed by atoms with Crippen LogP contribution in [0.3, 0.4) is 0 Å². The van der Waals surface area contributed by atoms with E-state index in [2.05, 4.69) is 45.8 Å². The van der Waals surface area contributed by atoms with Crippen molar-refractivity contribution < 1.29 is 9.32 Å². The van der Waals surface area contributed by atoms with Crippen LogP contribution in [0.15, 0.2) is 77.3 Å². The Morgan fingerprint density at radius 1 is 0.893 bits per heavy atom. The second-order valence-electron chi connectivity index (χ2n) is 6.62. The molecule has 0 bridgehead atoms. The molecule has 4 rings (SSSR count). The first kappa shape index (κ1) is 17.9. The van der Waals surface area contributed by atoms with Crippen molar-refractivity contribution in [3.05, 3.63) is 84.3 Å². The molecule has 1 aromatic heterocycles. The minimum absolute atomic E-state index is 0.0142. The largest absolute Gasteiger partial charge is 0.356 e. The molecule has 0 aliphatic rings. The molecule has 0 spiro atoms. The van der Waals surface area contributed by atoms with Crippen LogP contribution in [0.2, 0.25) is 0 Å². The normalized spacial score (nSPS) is 10.9. The van der Waals surface area contributed by atoms with Gasteiger partial charge in [0.05, 0.1) is 0 Å². The zero-order chi connectivity index (χ0) is 19.2. The molecule has 0 fully saturated rings. The molecule has 0 atom stereocenters. The summed E-state index contributed by atoms with van der Waals surface area (Å²) in [6, 6.07) is 24.2. The average Bonchev–Trinajstić information content (AvgIpc) is 3.22. The molecule has 0 unspecified atom stereocenters. The minimum atomic E-state index is -0.0142. The van der Waals surface area contributed by atoms with E-state index in [-0.39, 0.29) is 5.91 Å². The number of amides is 1. The first-order valence-corrected chi connectivity index (χ1v) is 9.41.